The number of ether oxygens (including phenoxy) is 1. The van der Waals surface area contributed by atoms with Crippen molar-refractivity contribution >= 4 is 28.9 Å². The molecule has 0 bridgehead atoms. The number of aliphatic hydroxyl groups is 2. The van der Waals surface area contributed by atoms with Crippen molar-refractivity contribution in [3.05, 3.63) is 58.6 Å². The van der Waals surface area contributed by atoms with Gasteiger partial charge >= 0.3 is 6.03 Å². The van der Waals surface area contributed by atoms with Gasteiger partial charge in [0.2, 0.25) is 6.86 Å². The minimum Gasteiger partial charge on any atom is -0.461 e. The number of carbonyl (C=O) groups excluding carboxylic acids is 1. The van der Waals surface area contributed by atoms with E-state index in [9.17, 15) is 18.7 Å². The molecule has 10 heteroatoms. The maximum Gasteiger partial charge on any atom is 0.322 e. The molecule has 160 valence electrons. The molecule has 1 aliphatic heterocycles. The minimum absolute atomic E-state index is 0.152. The molecular weight excluding hydrogens is 420 g/mol. The monoisotopic (exact) mass is 439 g/mol. The molecule has 0 aliphatic carbocycles. The first kappa shape index (κ1) is 21.9. The second-order valence-electron chi connectivity index (χ2n) is 6.55. The van der Waals surface area contributed by atoms with Crippen LogP contribution in [-0.4, -0.2) is 52.7 Å². The average molecular weight is 440 g/mol. The Morgan fingerprint density at radius 3 is 2.80 bits per heavy atom. The Balaban J connectivity index is 1.64. The Hall–Kier alpha value is -2.75. The molecule has 0 saturated carbocycles. The molecule has 30 heavy (non-hydrogen) atoms. The number of aromatic nitrogens is 1. The van der Waals surface area contributed by atoms with Gasteiger partial charge in [-0.3, -0.25) is 4.98 Å². The van der Waals surface area contributed by atoms with Gasteiger partial charge in [0.25, 0.3) is 0 Å². The van der Waals surface area contributed by atoms with Crippen LogP contribution in [0.15, 0.2) is 36.5 Å². The molecule has 1 aromatic heterocycles. The summed E-state index contributed by atoms with van der Waals surface area (Å²) in [5.74, 6) is -0.427. The summed E-state index contributed by atoms with van der Waals surface area (Å²) >= 11 is 5.98. The molecule has 2 aromatic rings. The zero-order chi connectivity index (χ0) is 21.7. The number of nitrogens with one attached hydrogen (secondary N) is 1. The van der Waals surface area contributed by atoms with Gasteiger partial charge in [0.15, 0.2) is 0 Å². The number of carbonyl (C=O) groups is 1. The third kappa shape index (κ3) is 5.05. The van der Waals surface area contributed by atoms with Crippen molar-refractivity contribution in [2.24, 2.45) is 0 Å². The number of amides is 2. The highest BCUT2D eigenvalue weighted by Crippen LogP contribution is 2.29. The predicted octanol–water partition coefficient (Wildman–Crippen LogP) is 3.53. The molecule has 2 amide bonds. The van der Waals surface area contributed by atoms with E-state index < -0.39 is 25.4 Å². The van der Waals surface area contributed by atoms with Gasteiger partial charge in [-0.1, -0.05) is 17.7 Å². The van der Waals surface area contributed by atoms with Gasteiger partial charge in [-0.15, -0.1) is 0 Å². The SMILES string of the molecule is O=C(Nc1ccc(OCF)c(Cl)c1)N1CC=C(c2ncc([C@H](O)CO)cc2F)CC1. The van der Waals surface area contributed by atoms with Crippen molar-refractivity contribution in [2.75, 3.05) is 31.9 Å². The fourth-order valence-electron chi connectivity index (χ4n) is 3.00. The summed E-state index contributed by atoms with van der Waals surface area (Å²) < 4.78 is 31.3. The smallest absolute Gasteiger partial charge is 0.322 e. The van der Waals surface area contributed by atoms with Crippen molar-refractivity contribution in [3.63, 3.8) is 0 Å². The Morgan fingerprint density at radius 2 is 2.20 bits per heavy atom. The van der Waals surface area contributed by atoms with E-state index in [1.807, 2.05) is 0 Å². The van der Waals surface area contributed by atoms with E-state index in [4.69, 9.17) is 21.4 Å². The van der Waals surface area contributed by atoms with Crippen molar-refractivity contribution in [1.82, 2.24) is 9.88 Å². The zero-order valence-corrected chi connectivity index (χ0v) is 16.6. The number of anilines is 1. The number of hydrogen-bond acceptors (Lipinski definition) is 5. The lowest BCUT2D eigenvalue weighted by Crippen LogP contribution is -2.38. The lowest BCUT2D eigenvalue weighted by Gasteiger charge is -2.27. The fourth-order valence-corrected chi connectivity index (χ4v) is 3.24. The number of alkyl halides is 1. The summed E-state index contributed by atoms with van der Waals surface area (Å²) in [4.78, 5) is 18.1. The highest BCUT2D eigenvalue weighted by molar-refractivity contribution is 6.32. The molecule has 3 N–H and O–H groups in total. The summed E-state index contributed by atoms with van der Waals surface area (Å²) in [5, 5.41) is 21.4. The predicted molar refractivity (Wildman–Crippen MR) is 107 cm³/mol. The largest absolute Gasteiger partial charge is 0.461 e. The van der Waals surface area contributed by atoms with Gasteiger partial charge in [0.05, 0.1) is 11.6 Å². The maximum atomic E-state index is 14.4. The highest BCUT2D eigenvalue weighted by atomic mass is 35.5. The number of benzene rings is 1. The molecule has 0 fully saturated rings. The second kappa shape index (κ2) is 9.84. The number of hydrogen-bond donors (Lipinski definition) is 3. The Morgan fingerprint density at radius 1 is 1.40 bits per heavy atom. The van der Waals surface area contributed by atoms with Crippen LogP contribution in [-0.2, 0) is 0 Å². The number of nitrogens with zero attached hydrogens (tertiary/aromatic N) is 2. The zero-order valence-electron chi connectivity index (χ0n) is 15.8. The van der Waals surface area contributed by atoms with E-state index in [0.29, 0.717) is 24.2 Å². The van der Waals surface area contributed by atoms with Crippen LogP contribution >= 0.6 is 11.6 Å². The molecule has 1 aliphatic rings. The van der Waals surface area contributed by atoms with Crippen LogP contribution in [0.5, 0.6) is 5.75 Å². The quantitative estimate of drug-likeness (QED) is 0.640. The average Bonchev–Trinajstić information content (AvgIpc) is 2.75. The second-order valence-corrected chi connectivity index (χ2v) is 6.96. The van der Waals surface area contributed by atoms with Gasteiger partial charge in [0.1, 0.15) is 23.4 Å². The van der Waals surface area contributed by atoms with Crippen LogP contribution in [0.4, 0.5) is 19.3 Å². The molecule has 3 rings (SSSR count). The van der Waals surface area contributed by atoms with E-state index in [1.54, 1.807) is 12.1 Å². The van der Waals surface area contributed by atoms with E-state index in [0.717, 1.165) is 6.07 Å². The normalized spacial score (nSPS) is 14.8. The Bertz CT molecular complexity index is 958. The van der Waals surface area contributed by atoms with E-state index in [2.05, 4.69) is 10.3 Å². The lowest BCUT2D eigenvalue weighted by atomic mass is 10.0. The molecule has 7 nitrogen and oxygen atoms in total. The number of aliphatic hydroxyl groups excluding tert-OH is 2. The van der Waals surface area contributed by atoms with Crippen molar-refractivity contribution in [1.29, 1.82) is 0 Å². The van der Waals surface area contributed by atoms with Crippen LogP contribution in [0.2, 0.25) is 5.02 Å². The standard InChI is InChI=1S/C20H20ClF2N3O4/c21-15-8-14(1-2-18(15)30-11-22)25-20(29)26-5-3-12(4-6-26)19-16(23)7-13(9-24-19)17(28)10-27/h1-3,7-9,17,27-28H,4-6,10-11H2,(H,25,29)/t17-/m1/s1. The Kier molecular flexibility index (Phi) is 7.20. The van der Waals surface area contributed by atoms with Crippen LogP contribution in [0.25, 0.3) is 5.57 Å². The van der Waals surface area contributed by atoms with Gasteiger partial charge < -0.3 is 25.2 Å². The van der Waals surface area contributed by atoms with Gasteiger partial charge in [-0.2, -0.15) is 0 Å². The summed E-state index contributed by atoms with van der Waals surface area (Å²) in [6.07, 6.45) is 2.23. The third-order valence-corrected chi connectivity index (χ3v) is 4.91. The number of pyridine rings is 1. The molecule has 0 unspecified atom stereocenters. The van der Waals surface area contributed by atoms with Gasteiger partial charge in [-0.05, 0) is 36.3 Å². The highest BCUT2D eigenvalue weighted by Gasteiger charge is 2.21. The Labute approximate surface area is 176 Å². The van der Waals surface area contributed by atoms with E-state index >= 15 is 0 Å². The van der Waals surface area contributed by atoms with E-state index in [-0.39, 0.29) is 34.6 Å². The van der Waals surface area contributed by atoms with Crippen molar-refractivity contribution < 1.29 is 28.5 Å². The van der Waals surface area contributed by atoms with Crippen LogP contribution in [0, 0.1) is 5.82 Å². The molecule has 2 heterocycles. The molecule has 1 atom stereocenters. The summed E-state index contributed by atoms with van der Waals surface area (Å²) in [7, 11) is 0. The van der Waals surface area contributed by atoms with Crippen LogP contribution in [0.3, 0.4) is 0 Å². The summed E-state index contributed by atoms with van der Waals surface area (Å²) in [6.45, 7) is -0.936. The topological polar surface area (TPSA) is 94.9 Å². The number of rotatable bonds is 6. The molecule has 0 radical (unpaired) electrons. The van der Waals surface area contributed by atoms with Crippen LogP contribution in [0.1, 0.15) is 23.8 Å². The molecule has 0 saturated heterocycles. The molecular formula is C20H20ClF2N3O4. The van der Waals surface area contributed by atoms with Crippen LogP contribution < -0.4 is 10.1 Å². The van der Waals surface area contributed by atoms with E-state index in [1.165, 1.54) is 23.2 Å². The van der Waals surface area contributed by atoms with Crippen molar-refractivity contribution in [3.8, 4) is 5.75 Å². The van der Waals surface area contributed by atoms with Gasteiger partial charge in [0, 0.05) is 30.5 Å². The third-order valence-electron chi connectivity index (χ3n) is 4.61. The first-order valence-corrected chi connectivity index (χ1v) is 9.48. The number of halogens is 3. The van der Waals surface area contributed by atoms with Gasteiger partial charge in [-0.25, -0.2) is 13.6 Å². The summed E-state index contributed by atoms with van der Waals surface area (Å²) in [5.41, 5.74) is 1.42. The minimum atomic E-state index is -1.19. The fraction of sp³-hybridized carbons (Fsp3) is 0.300. The first-order valence-electron chi connectivity index (χ1n) is 9.11. The first-order chi connectivity index (χ1) is 14.4. The molecule has 0 spiro atoms. The lowest BCUT2D eigenvalue weighted by molar-refractivity contribution is 0.0950. The number of urea groups is 1. The maximum absolute atomic E-state index is 14.4. The molecule has 1 aromatic carbocycles. The van der Waals surface area contributed by atoms with Crippen molar-refractivity contribution in [2.45, 2.75) is 12.5 Å². The summed E-state index contributed by atoms with van der Waals surface area (Å²) in [6, 6.07) is 5.23.